The lowest BCUT2D eigenvalue weighted by atomic mass is 10.1. The predicted molar refractivity (Wildman–Crippen MR) is 63.7 cm³/mol. The van der Waals surface area contributed by atoms with Gasteiger partial charge in [-0.05, 0) is 37.0 Å². The van der Waals surface area contributed by atoms with Crippen LogP contribution in [0.15, 0.2) is 12.1 Å². The van der Waals surface area contributed by atoms with Crippen molar-refractivity contribution in [1.29, 1.82) is 0 Å². The van der Waals surface area contributed by atoms with Crippen LogP contribution in [0, 0.1) is 6.07 Å². The van der Waals surface area contributed by atoms with E-state index < -0.39 is 0 Å². The molecule has 2 aliphatic rings. The van der Waals surface area contributed by atoms with Crippen molar-refractivity contribution >= 4 is 17.3 Å². The fourth-order valence-corrected chi connectivity index (χ4v) is 2.47. The summed E-state index contributed by atoms with van der Waals surface area (Å²) in [6, 6.07) is 7.29. The third kappa shape index (κ3) is 1.66. The minimum absolute atomic E-state index is 0.0965. The minimum Gasteiger partial charge on any atom is -0.371 e. The Balaban J connectivity index is 1.86. The van der Waals surface area contributed by atoms with E-state index in [1.165, 1.54) is 19.3 Å². The topological polar surface area (TPSA) is 32.3 Å². The molecule has 16 heavy (non-hydrogen) atoms. The van der Waals surface area contributed by atoms with E-state index in [0.29, 0.717) is 6.42 Å². The van der Waals surface area contributed by atoms with Crippen molar-refractivity contribution in [2.24, 2.45) is 0 Å². The van der Waals surface area contributed by atoms with Crippen LogP contribution in [0.5, 0.6) is 0 Å². The van der Waals surface area contributed by atoms with Gasteiger partial charge in [0.2, 0.25) is 5.91 Å². The number of fused-ring (bicyclic) bond motifs is 1. The molecule has 2 aliphatic heterocycles. The van der Waals surface area contributed by atoms with Gasteiger partial charge in [0.15, 0.2) is 0 Å². The second-order valence-electron chi connectivity index (χ2n) is 4.53. The van der Waals surface area contributed by atoms with Crippen molar-refractivity contribution < 1.29 is 4.79 Å². The van der Waals surface area contributed by atoms with Gasteiger partial charge in [0, 0.05) is 30.5 Å². The first kappa shape index (κ1) is 9.70. The van der Waals surface area contributed by atoms with Crippen LogP contribution in [0.2, 0.25) is 0 Å². The highest BCUT2D eigenvalue weighted by molar-refractivity contribution is 5.99. The highest BCUT2D eigenvalue weighted by Gasteiger charge is 2.19. The van der Waals surface area contributed by atoms with E-state index in [2.05, 4.69) is 22.3 Å². The van der Waals surface area contributed by atoms with Gasteiger partial charge < -0.3 is 10.2 Å². The van der Waals surface area contributed by atoms with Crippen molar-refractivity contribution in [3.63, 3.8) is 0 Å². The smallest absolute Gasteiger partial charge is 0.228 e. The third-order valence-corrected chi connectivity index (χ3v) is 3.34. The predicted octanol–water partition coefficient (Wildman–Crippen LogP) is 1.97. The number of benzene rings is 1. The number of hydrogen-bond acceptors (Lipinski definition) is 2. The summed E-state index contributed by atoms with van der Waals surface area (Å²) in [6.45, 7) is 2.24. The first-order chi connectivity index (χ1) is 7.83. The number of anilines is 2. The Morgan fingerprint density at radius 1 is 1.25 bits per heavy atom. The number of amides is 1. The zero-order chi connectivity index (χ0) is 11.0. The van der Waals surface area contributed by atoms with Crippen molar-refractivity contribution in [3.8, 4) is 0 Å². The number of hydrogen-bond donors (Lipinski definition) is 1. The molecule has 0 aliphatic carbocycles. The van der Waals surface area contributed by atoms with E-state index in [1.807, 2.05) is 6.07 Å². The Hall–Kier alpha value is -1.51. The molecule has 3 heteroatoms. The number of piperidine rings is 1. The second-order valence-corrected chi connectivity index (χ2v) is 4.53. The molecule has 0 bridgehead atoms. The lowest BCUT2D eigenvalue weighted by molar-refractivity contribution is -0.115. The van der Waals surface area contributed by atoms with E-state index in [1.54, 1.807) is 0 Å². The standard InChI is InChI=1S/C13H15N2O/c16-13-9-10-8-11(4-5-12(10)14-13)15-6-2-1-3-7-15/h5,8H,1-3,6-7,9H2,(H,14,16). The summed E-state index contributed by atoms with van der Waals surface area (Å²) < 4.78 is 0. The van der Waals surface area contributed by atoms with E-state index >= 15 is 0 Å². The van der Waals surface area contributed by atoms with Crippen LogP contribution >= 0.6 is 0 Å². The molecule has 83 valence electrons. The Morgan fingerprint density at radius 3 is 2.88 bits per heavy atom. The van der Waals surface area contributed by atoms with Gasteiger partial charge in [-0.1, -0.05) is 0 Å². The summed E-state index contributed by atoms with van der Waals surface area (Å²) in [5, 5.41) is 2.84. The van der Waals surface area contributed by atoms with Gasteiger partial charge in [0.1, 0.15) is 0 Å². The molecule has 1 radical (unpaired) electrons. The van der Waals surface area contributed by atoms with E-state index in [4.69, 9.17) is 0 Å². The van der Waals surface area contributed by atoms with Crippen molar-refractivity contribution in [2.75, 3.05) is 23.3 Å². The molecule has 0 atom stereocenters. The summed E-state index contributed by atoms with van der Waals surface area (Å²) in [5.41, 5.74) is 3.20. The highest BCUT2D eigenvalue weighted by Crippen LogP contribution is 2.28. The molecule has 1 amide bonds. The Morgan fingerprint density at radius 2 is 2.06 bits per heavy atom. The minimum atomic E-state index is 0.0965. The first-order valence-electron chi connectivity index (χ1n) is 5.92. The molecule has 1 aromatic rings. The maximum absolute atomic E-state index is 11.2. The zero-order valence-corrected chi connectivity index (χ0v) is 9.25. The highest BCUT2D eigenvalue weighted by atomic mass is 16.1. The normalized spacial score (nSPS) is 19.5. The number of nitrogens with one attached hydrogen (secondary N) is 1. The molecule has 0 spiro atoms. The zero-order valence-electron chi connectivity index (χ0n) is 9.25. The van der Waals surface area contributed by atoms with Crippen molar-refractivity contribution in [1.82, 2.24) is 0 Å². The molecule has 1 saturated heterocycles. The van der Waals surface area contributed by atoms with Gasteiger partial charge >= 0.3 is 0 Å². The number of nitrogens with zero attached hydrogens (tertiary/aromatic N) is 1. The number of rotatable bonds is 1. The SMILES string of the molecule is O=C1Cc2cc(N3CCCCC3)[c]cc2N1. The van der Waals surface area contributed by atoms with Crippen LogP contribution in [0.4, 0.5) is 11.4 Å². The maximum atomic E-state index is 11.2. The average Bonchev–Trinajstić information content (AvgIpc) is 2.69. The fourth-order valence-electron chi connectivity index (χ4n) is 2.47. The van der Waals surface area contributed by atoms with Gasteiger partial charge in [-0.25, -0.2) is 0 Å². The van der Waals surface area contributed by atoms with Crippen molar-refractivity contribution in [2.45, 2.75) is 25.7 Å². The summed E-state index contributed by atoms with van der Waals surface area (Å²) in [7, 11) is 0. The molecule has 1 fully saturated rings. The van der Waals surface area contributed by atoms with E-state index in [0.717, 1.165) is 30.0 Å². The van der Waals surface area contributed by atoms with Crippen LogP contribution in [0.25, 0.3) is 0 Å². The molecular weight excluding hydrogens is 200 g/mol. The van der Waals surface area contributed by atoms with Crippen molar-refractivity contribution in [3.05, 3.63) is 23.8 Å². The lowest BCUT2D eigenvalue weighted by Crippen LogP contribution is -2.29. The van der Waals surface area contributed by atoms with E-state index in [9.17, 15) is 4.79 Å². The fraction of sp³-hybridized carbons (Fsp3) is 0.462. The van der Waals surface area contributed by atoms with Gasteiger partial charge in [-0.15, -0.1) is 0 Å². The first-order valence-corrected chi connectivity index (χ1v) is 5.92. The molecule has 3 rings (SSSR count). The summed E-state index contributed by atoms with van der Waals surface area (Å²) >= 11 is 0. The number of carbonyl (C=O) groups is 1. The van der Waals surface area contributed by atoms with Gasteiger partial charge in [-0.2, -0.15) is 0 Å². The van der Waals surface area contributed by atoms with Crippen LogP contribution in [0.1, 0.15) is 24.8 Å². The molecule has 0 saturated carbocycles. The molecule has 1 N–H and O–H groups in total. The molecule has 0 unspecified atom stereocenters. The Bertz CT molecular complexity index is 422. The van der Waals surface area contributed by atoms with Crippen LogP contribution in [-0.4, -0.2) is 19.0 Å². The van der Waals surface area contributed by atoms with Crippen LogP contribution in [-0.2, 0) is 11.2 Å². The molecule has 3 nitrogen and oxygen atoms in total. The molecule has 2 heterocycles. The van der Waals surface area contributed by atoms with Gasteiger partial charge in [-0.3, -0.25) is 4.79 Å². The maximum Gasteiger partial charge on any atom is 0.228 e. The summed E-state index contributed by atoms with van der Waals surface area (Å²) in [5.74, 6) is 0.0965. The van der Waals surface area contributed by atoms with E-state index in [-0.39, 0.29) is 5.91 Å². The Labute approximate surface area is 95.4 Å². The molecule has 1 aromatic carbocycles. The monoisotopic (exact) mass is 215 g/mol. The second kappa shape index (κ2) is 3.81. The largest absolute Gasteiger partial charge is 0.371 e. The average molecular weight is 215 g/mol. The molecule has 0 aromatic heterocycles. The van der Waals surface area contributed by atoms with Gasteiger partial charge in [0.25, 0.3) is 0 Å². The third-order valence-electron chi connectivity index (χ3n) is 3.34. The van der Waals surface area contributed by atoms with Crippen LogP contribution in [0.3, 0.4) is 0 Å². The number of carbonyl (C=O) groups excluding carboxylic acids is 1. The van der Waals surface area contributed by atoms with Gasteiger partial charge in [0.05, 0.1) is 6.42 Å². The molecular formula is C13H15N2O. The summed E-state index contributed by atoms with van der Waals surface area (Å²) in [6.07, 6.45) is 4.39. The Kier molecular flexibility index (Phi) is 2.31. The van der Waals surface area contributed by atoms with Crippen LogP contribution < -0.4 is 10.2 Å². The quantitative estimate of drug-likeness (QED) is 0.776. The lowest BCUT2D eigenvalue weighted by Gasteiger charge is -2.28. The summed E-state index contributed by atoms with van der Waals surface area (Å²) in [4.78, 5) is 13.6.